The van der Waals surface area contributed by atoms with Crippen molar-refractivity contribution in [3.05, 3.63) is 35.0 Å². The summed E-state index contributed by atoms with van der Waals surface area (Å²) in [4.78, 5) is 11.9. The zero-order chi connectivity index (χ0) is 12.2. The van der Waals surface area contributed by atoms with Crippen molar-refractivity contribution in [2.24, 2.45) is 0 Å². The number of hydrogen-bond donors (Lipinski definition) is 0. The maximum absolute atomic E-state index is 11.9. The Kier molecular flexibility index (Phi) is 2.15. The lowest BCUT2D eigenvalue weighted by Gasteiger charge is -2.07. The molecule has 1 aliphatic carbocycles. The number of ketones is 1. The van der Waals surface area contributed by atoms with Crippen molar-refractivity contribution in [1.29, 1.82) is 0 Å². The fourth-order valence-corrected chi connectivity index (χ4v) is 2.73. The Labute approximate surface area is 101 Å². The molecule has 0 bridgehead atoms. The highest BCUT2D eigenvalue weighted by atomic mass is 16.1. The summed E-state index contributed by atoms with van der Waals surface area (Å²) < 4.78 is 2.26. The summed E-state index contributed by atoms with van der Waals surface area (Å²) in [6.07, 6.45) is 2.41. The first-order valence-corrected chi connectivity index (χ1v) is 6.21. The third-order valence-corrected chi connectivity index (χ3v) is 3.66. The van der Waals surface area contributed by atoms with Gasteiger partial charge in [0.25, 0.3) is 0 Å². The Morgan fingerprint density at radius 2 is 2.00 bits per heavy atom. The summed E-state index contributed by atoms with van der Waals surface area (Å²) in [7, 11) is 0. The van der Waals surface area contributed by atoms with Crippen LogP contribution in [0.25, 0.3) is 10.9 Å². The normalized spacial score (nSPS) is 15.5. The molecule has 1 fully saturated rings. The quantitative estimate of drug-likeness (QED) is 0.715. The van der Waals surface area contributed by atoms with E-state index in [1.54, 1.807) is 6.92 Å². The van der Waals surface area contributed by atoms with E-state index < -0.39 is 0 Å². The van der Waals surface area contributed by atoms with Crippen LogP contribution >= 0.6 is 0 Å². The van der Waals surface area contributed by atoms with Crippen molar-refractivity contribution in [1.82, 2.24) is 4.57 Å². The van der Waals surface area contributed by atoms with E-state index >= 15 is 0 Å². The van der Waals surface area contributed by atoms with Crippen LogP contribution in [0.1, 0.15) is 47.4 Å². The minimum Gasteiger partial charge on any atom is -0.335 e. The molecule has 0 N–H and O–H groups in total. The summed E-state index contributed by atoms with van der Waals surface area (Å²) in [5.74, 6) is 0.184. The number of hydrogen-bond acceptors (Lipinski definition) is 1. The molecule has 2 aromatic rings. The van der Waals surface area contributed by atoms with Crippen molar-refractivity contribution in [3.63, 3.8) is 0 Å². The minimum absolute atomic E-state index is 0.184. The second-order valence-corrected chi connectivity index (χ2v) is 5.15. The number of Topliss-reactive ketones (excluding diaryl/α,β-unsaturated/α-hetero) is 1. The fraction of sp³-hybridized carbons (Fsp3) is 0.400. The van der Waals surface area contributed by atoms with Gasteiger partial charge in [-0.25, -0.2) is 0 Å². The molecule has 1 aromatic heterocycles. The van der Waals surface area contributed by atoms with Gasteiger partial charge in [-0.05, 0) is 44.4 Å². The van der Waals surface area contributed by atoms with Crippen LogP contribution in [-0.4, -0.2) is 10.4 Å². The van der Waals surface area contributed by atoms with Gasteiger partial charge in [-0.1, -0.05) is 11.6 Å². The lowest BCUT2D eigenvalue weighted by atomic mass is 10.1. The number of benzene rings is 1. The molecule has 1 heterocycles. The maximum Gasteiger partial charge on any atom is 0.176 e. The topological polar surface area (TPSA) is 22.0 Å². The zero-order valence-electron chi connectivity index (χ0n) is 10.6. The molecule has 0 radical (unpaired) electrons. The van der Waals surface area contributed by atoms with Crippen LogP contribution in [0.4, 0.5) is 0 Å². The van der Waals surface area contributed by atoms with Crippen molar-refractivity contribution in [2.75, 3.05) is 0 Å². The van der Waals surface area contributed by atoms with Crippen molar-refractivity contribution in [3.8, 4) is 0 Å². The van der Waals surface area contributed by atoms with E-state index in [0.29, 0.717) is 6.04 Å². The predicted octanol–water partition coefficient (Wildman–Crippen LogP) is 3.80. The Morgan fingerprint density at radius 3 is 2.59 bits per heavy atom. The zero-order valence-corrected chi connectivity index (χ0v) is 10.6. The summed E-state index contributed by atoms with van der Waals surface area (Å²) in [5, 5.41) is 1.24. The van der Waals surface area contributed by atoms with E-state index in [9.17, 15) is 4.79 Å². The molecule has 0 unspecified atom stereocenters. The molecular weight excluding hydrogens is 210 g/mol. The molecule has 1 aromatic carbocycles. The molecule has 1 aliphatic rings. The summed E-state index contributed by atoms with van der Waals surface area (Å²) in [5.41, 5.74) is 4.53. The monoisotopic (exact) mass is 227 g/mol. The highest BCUT2D eigenvalue weighted by molar-refractivity contribution is 6.01. The van der Waals surface area contributed by atoms with Crippen LogP contribution in [0.2, 0.25) is 0 Å². The van der Waals surface area contributed by atoms with E-state index in [1.807, 2.05) is 0 Å². The highest BCUT2D eigenvalue weighted by Gasteiger charge is 2.30. The second-order valence-electron chi connectivity index (χ2n) is 5.15. The first-order chi connectivity index (χ1) is 8.09. The number of nitrogens with zero attached hydrogens (tertiary/aromatic N) is 1. The lowest BCUT2D eigenvalue weighted by Crippen LogP contribution is -2.05. The Hall–Kier alpha value is -1.57. The standard InChI is InChI=1S/C15H17NO/c1-9-4-7-14-13(8-9)10(2)15(11(3)17)16(14)12-5-6-12/h4,7-8,12H,5-6H2,1-3H3. The van der Waals surface area contributed by atoms with E-state index in [4.69, 9.17) is 0 Å². The van der Waals surface area contributed by atoms with Gasteiger partial charge < -0.3 is 4.57 Å². The summed E-state index contributed by atoms with van der Waals surface area (Å²) in [6.45, 7) is 5.84. The molecule has 2 heteroatoms. The molecule has 0 saturated heterocycles. The summed E-state index contributed by atoms with van der Waals surface area (Å²) >= 11 is 0. The number of rotatable bonds is 2. The number of fused-ring (bicyclic) bond motifs is 1. The van der Waals surface area contributed by atoms with Crippen molar-refractivity contribution < 1.29 is 4.79 Å². The Balaban J connectivity index is 2.40. The van der Waals surface area contributed by atoms with E-state index in [2.05, 4.69) is 36.6 Å². The minimum atomic E-state index is 0.184. The Bertz CT molecular complexity index is 617. The molecule has 88 valence electrons. The van der Waals surface area contributed by atoms with Crippen LogP contribution in [-0.2, 0) is 0 Å². The number of carbonyl (C=O) groups excluding carboxylic acids is 1. The van der Waals surface area contributed by atoms with Gasteiger partial charge in [-0.2, -0.15) is 0 Å². The molecule has 3 rings (SSSR count). The molecule has 0 aliphatic heterocycles. The first-order valence-electron chi connectivity index (χ1n) is 6.21. The average Bonchev–Trinajstić information content (AvgIpc) is 3.05. The number of carbonyl (C=O) groups is 1. The van der Waals surface area contributed by atoms with Crippen molar-refractivity contribution >= 4 is 16.7 Å². The van der Waals surface area contributed by atoms with E-state index in [1.165, 1.54) is 29.3 Å². The third kappa shape index (κ3) is 1.51. The Morgan fingerprint density at radius 1 is 1.29 bits per heavy atom. The molecule has 0 amide bonds. The van der Waals surface area contributed by atoms with Crippen LogP contribution in [0.5, 0.6) is 0 Å². The first kappa shape index (κ1) is 10.6. The van der Waals surface area contributed by atoms with Gasteiger partial charge in [0.15, 0.2) is 5.78 Å². The molecule has 2 nitrogen and oxygen atoms in total. The molecule has 1 saturated carbocycles. The van der Waals surface area contributed by atoms with Crippen LogP contribution < -0.4 is 0 Å². The van der Waals surface area contributed by atoms with Crippen molar-refractivity contribution in [2.45, 2.75) is 39.7 Å². The fourth-order valence-electron chi connectivity index (χ4n) is 2.73. The highest BCUT2D eigenvalue weighted by Crippen LogP contribution is 2.41. The van der Waals surface area contributed by atoms with Crippen LogP contribution in [0, 0.1) is 13.8 Å². The van der Waals surface area contributed by atoms with Gasteiger partial charge in [-0.3, -0.25) is 4.79 Å². The van der Waals surface area contributed by atoms with Gasteiger partial charge in [0.2, 0.25) is 0 Å². The second kappa shape index (κ2) is 3.46. The SMILES string of the molecule is CC(=O)c1c(C)c2cc(C)ccc2n1C1CC1. The largest absolute Gasteiger partial charge is 0.335 e. The van der Waals surface area contributed by atoms with Crippen LogP contribution in [0.3, 0.4) is 0 Å². The maximum atomic E-state index is 11.9. The van der Waals surface area contributed by atoms with Gasteiger partial charge in [0.05, 0.1) is 5.69 Å². The third-order valence-electron chi connectivity index (χ3n) is 3.66. The molecule has 0 atom stereocenters. The predicted molar refractivity (Wildman–Crippen MR) is 69.7 cm³/mol. The number of aromatic nitrogens is 1. The molecular formula is C15H17NO. The van der Waals surface area contributed by atoms with Gasteiger partial charge in [-0.15, -0.1) is 0 Å². The summed E-state index contributed by atoms with van der Waals surface area (Å²) in [6, 6.07) is 7.02. The van der Waals surface area contributed by atoms with E-state index in [-0.39, 0.29) is 5.78 Å². The van der Waals surface area contributed by atoms with Gasteiger partial charge >= 0.3 is 0 Å². The van der Waals surface area contributed by atoms with Gasteiger partial charge in [0, 0.05) is 23.9 Å². The number of aryl methyl sites for hydroxylation is 2. The molecule has 0 spiro atoms. The van der Waals surface area contributed by atoms with Crippen LogP contribution in [0.15, 0.2) is 18.2 Å². The average molecular weight is 227 g/mol. The van der Waals surface area contributed by atoms with E-state index in [0.717, 1.165) is 11.3 Å². The van der Waals surface area contributed by atoms with Gasteiger partial charge in [0.1, 0.15) is 0 Å². The molecule has 17 heavy (non-hydrogen) atoms. The smallest absolute Gasteiger partial charge is 0.176 e. The lowest BCUT2D eigenvalue weighted by molar-refractivity contribution is 0.100.